The van der Waals surface area contributed by atoms with Crippen LogP contribution in [0.25, 0.3) is 0 Å². The summed E-state index contributed by atoms with van der Waals surface area (Å²) in [6, 6.07) is -0.447. The van der Waals surface area contributed by atoms with E-state index in [-0.39, 0.29) is 23.8 Å². The minimum Gasteiger partial charge on any atom is -0.444 e. The Morgan fingerprint density at radius 3 is 2.46 bits per heavy atom. The second-order valence-corrected chi connectivity index (χ2v) is 8.08. The standard InChI is InChI=1S/C18H35N3O3/c1-7-20(17(23)24-18(4,5)6)11-14-9-8-10-21(12-14)16(22)15(19)13(2)3/h13-15H,7-12,19H2,1-6H3/t14-,15+/m1/s1. The number of piperidine rings is 1. The van der Waals surface area contributed by atoms with Crippen molar-refractivity contribution in [2.75, 3.05) is 26.2 Å². The summed E-state index contributed by atoms with van der Waals surface area (Å²) < 4.78 is 5.46. The average molecular weight is 341 g/mol. The van der Waals surface area contributed by atoms with Crippen molar-refractivity contribution < 1.29 is 14.3 Å². The van der Waals surface area contributed by atoms with Gasteiger partial charge >= 0.3 is 6.09 Å². The van der Waals surface area contributed by atoms with Gasteiger partial charge in [0.25, 0.3) is 0 Å². The Bertz CT molecular complexity index is 432. The van der Waals surface area contributed by atoms with Crippen molar-refractivity contribution >= 4 is 12.0 Å². The number of nitrogens with two attached hydrogens (primary N) is 1. The van der Waals surface area contributed by atoms with Gasteiger partial charge in [0.05, 0.1) is 6.04 Å². The SMILES string of the molecule is CCN(C[C@H]1CCCN(C(=O)[C@@H](N)C(C)C)C1)C(=O)OC(C)(C)C. The van der Waals surface area contributed by atoms with Crippen molar-refractivity contribution in [2.45, 2.75) is 66.0 Å². The zero-order chi connectivity index (χ0) is 18.5. The molecule has 2 amide bonds. The summed E-state index contributed by atoms with van der Waals surface area (Å²) in [6.45, 7) is 14.1. The van der Waals surface area contributed by atoms with Crippen LogP contribution < -0.4 is 5.73 Å². The molecule has 0 aliphatic carbocycles. The highest BCUT2D eigenvalue weighted by atomic mass is 16.6. The van der Waals surface area contributed by atoms with Gasteiger partial charge in [0.2, 0.25) is 5.91 Å². The van der Waals surface area contributed by atoms with E-state index in [9.17, 15) is 9.59 Å². The molecule has 0 bridgehead atoms. The van der Waals surface area contributed by atoms with Crippen LogP contribution >= 0.6 is 0 Å². The van der Waals surface area contributed by atoms with E-state index in [1.165, 1.54) is 0 Å². The highest BCUT2D eigenvalue weighted by Gasteiger charge is 2.30. The smallest absolute Gasteiger partial charge is 0.410 e. The fraction of sp³-hybridized carbons (Fsp3) is 0.889. The lowest BCUT2D eigenvalue weighted by atomic mass is 9.95. The molecule has 0 unspecified atom stereocenters. The topological polar surface area (TPSA) is 75.9 Å². The monoisotopic (exact) mass is 341 g/mol. The summed E-state index contributed by atoms with van der Waals surface area (Å²) in [5, 5.41) is 0. The number of likely N-dealkylation sites (tertiary alicyclic amines) is 1. The highest BCUT2D eigenvalue weighted by Crippen LogP contribution is 2.20. The minimum atomic E-state index is -0.497. The average Bonchev–Trinajstić information content (AvgIpc) is 2.49. The van der Waals surface area contributed by atoms with Crippen LogP contribution in [0.2, 0.25) is 0 Å². The number of carbonyl (C=O) groups is 2. The molecule has 1 fully saturated rings. The first-order valence-electron chi connectivity index (χ1n) is 9.07. The second kappa shape index (κ2) is 8.70. The normalized spacial score (nSPS) is 20.0. The molecule has 0 aromatic carbocycles. The van der Waals surface area contributed by atoms with Crippen LogP contribution in [0.15, 0.2) is 0 Å². The van der Waals surface area contributed by atoms with Gasteiger partial charge in [0.1, 0.15) is 5.60 Å². The number of amides is 2. The van der Waals surface area contributed by atoms with Crippen LogP contribution in [0.1, 0.15) is 54.4 Å². The molecule has 24 heavy (non-hydrogen) atoms. The highest BCUT2D eigenvalue weighted by molar-refractivity contribution is 5.82. The Hall–Kier alpha value is -1.30. The van der Waals surface area contributed by atoms with Gasteiger partial charge in [-0.25, -0.2) is 4.79 Å². The zero-order valence-electron chi connectivity index (χ0n) is 16.2. The van der Waals surface area contributed by atoms with Crippen molar-refractivity contribution in [3.63, 3.8) is 0 Å². The molecule has 2 atom stereocenters. The second-order valence-electron chi connectivity index (χ2n) is 8.08. The molecule has 0 aromatic heterocycles. The molecule has 1 aliphatic heterocycles. The predicted octanol–water partition coefficient (Wildman–Crippen LogP) is 2.47. The number of hydrogen-bond donors (Lipinski definition) is 1. The molecule has 0 aromatic rings. The predicted molar refractivity (Wildman–Crippen MR) is 95.6 cm³/mol. The molecule has 1 saturated heterocycles. The van der Waals surface area contributed by atoms with E-state index in [1.807, 2.05) is 46.4 Å². The zero-order valence-corrected chi connectivity index (χ0v) is 16.2. The van der Waals surface area contributed by atoms with Gasteiger partial charge < -0.3 is 20.3 Å². The van der Waals surface area contributed by atoms with Crippen LogP contribution in [-0.2, 0) is 9.53 Å². The van der Waals surface area contributed by atoms with Crippen molar-refractivity contribution in [3.8, 4) is 0 Å². The third-order valence-electron chi connectivity index (χ3n) is 4.35. The maximum atomic E-state index is 12.5. The van der Waals surface area contributed by atoms with Crippen LogP contribution in [-0.4, -0.2) is 59.6 Å². The molecule has 6 heteroatoms. The van der Waals surface area contributed by atoms with Gasteiger partial charge in [-0.15, -0.1) is 0 Å². The maximum Gasteiger partial charge on any atom is 0.410 e. The number of ether oxygens (including phenoxy) is 1. The summed E-state index contributed by atoms with van der Waals surface area (Å²) in [4.78, 5) is 28.3. The largest absolute Gasteiger partial charge is 0.444 e. The van der Waals surface area contributed by atoms with Crippen molar-refractivity contribution in [3.05, 3.63) is 0 Å². The molecule has 2 N–H and O–H groups in total. The van der Waals surface area contributed by atoms with Gasteiger partial charge in [0, 0.05) is 26.2 Å². The Morgan fingerprint density at radius 1 is 1.33 bits per heavy atom. The van der Waals surface area contributed by atoms with Gasteiger partial charge in [-0.1, -0.05) is 13.8 Å². The third-order valence-corrected chi connectivity index (χ3v) is 4.35. The Morgan fingerprint density at radius 2 is 1.96 bits per heavy atom. The van der Waals surface area contributed by atoms with E-state index in [0.717, 1.165) is 19.4 Å². The molecule has 0 spiro atoms. The van der Waals surface area contributed by atoms with Gasteiger partial charge in [-0.3, -0.25) is 4.79 Å². The van der Waals surface area contributed by atoms with E-state index in [4.69, 9.17) is 10.5 Å². The van der Waals surface area contributed by atoms with Crippen LogP contribution in [0.3, 0.4) is 0 Å². The van der Waals surface area contributed by atoms with E-state index < -0.39 is 11.6 Å². The number of rotatable bonds is 5. The number of hydrogen-bond acceptors (Lipinski definition) is 4. The molecule has 1 rings (SSSR count). The summed E-state index contributed by atoms with van der Waals surface area (Å²) >= 11 is 0. The van der Waals surface area contributed by atoms with E-state index in [1.54, 1.807) is 4.90 Å². The molecular formula is C18H35N3O3. The first-order chi connectivity index (χ1) is 11.0. The third kappa shape index (κ3) is 6.30. The van der Waals surface area contributed by atoms with Crippen LogP contribution in [0, 0.1) is 11.8 Å². The minimum absolute atomic E-state index is 0.0232. The molecule has 140 valence electrons. The lowest BCUT2D eigenvalue weighted by Crippen LogP contribution is -2.51. The molecule has 0 radical (unpaired) electrons. The first kappa shape index (κ1) is 20.7. The lowest BCUT2D eigenvalue weighted by Gasteiger charge is -2.37. The molecule has 6 nitrogen and oxygen atoms in total. The van der Waals surface area contributed by atoms with E-state index in [2.05, 4.69) is 0 Å². The molecule has 0 saturated carbocycles. The maximum absolute atomic E-state index is 12.5. The van der Waals surface area contributed by atoms with Crippen LogP contribution in [0.4, 0.5) is 4.79 Å². The fourth-order valence-corrected chi connectivity index (χ4v) is 2.88. The number of carbonyl (C=O) groups excluding carboxylic acids is 2. The summed E-state index contributed by atoms with van der Waals surface area (Å²) in [7, 11) is 0. The molecule has 1 heterocycles. The van der Waals surface area contributed by atoms with Crippen molar-refractivity contribution in [2.24, 2.45) is 17.6 Å². The van der Waals surface area contributed by atoms with Crippen molar-refractivity contribution in [1.29, 1.82) is 0 Å². The molecule has 1 aliphatic rings. The van der Waals surface area contributed by atoms with Gasteiger partial charge in [0.15, 0.2) is 0 Å². The summed E-state index contributed by atoms with van der Waals surface area (Å²) in [5.41, 5.74) is 5.51. The first-order valence-corrected chi connectivity index (χ1v) is 9.07. The number of nitrogens with zero attached hydrogens (tertiary/aromatic N) is 2. The van der Waals surface area contributed by atoms with Crippen LogP contribution in [0.5, 0.6) is 0 Å². The van der Waals surface area contributed by atoms with Crippen molar-refractivity contribution in [1.82, 2.24) is 9.80 Å². The Kier molecular flexibility index (Phi) is 7.52. The van der Waals surface area contributed by atoms with E-state index in [0.29, 0.717) is 19.6 Å². The quantitative estimate of drug-likeness (QED) is 0.833. The Balaban J connectivity index is 2.63. The summed E-state index contributed by atoms with van der Waals surface area (Å²) in [6.07, 6.45) is 1.68. The van der Waals surface area contributed by atoms with Gasteiger partial charge in [-0.2, -0.15) is 0 Å². The lowest BCUT2D eigenvalue weighted by molar-refractivity contribution is -0.135. The fourth-order valence-electron chi connectivity index (χ4n) is 2.88. The van der Waals surface area contributed by atoms with Gasteiger partial charge in [-0.05, 0) is 52.4 Å². The molecular weight excluding hydrogens is 306 g/mol. The summed E-state index contributed by atoms with van der Waals surface area (Å²) in [5.74, 6) is 0.427. The Labute approximate surface area is 146 Å². The van der Waals surface area contributed by atoms with E-state index >= 15 is 0 Å².